The summed E-state index contributed by atoms with van der Waals surface area (Å²) in [6.45, 7) is 0.641. The Morgan fingerprint density at radius 3 is 2.52 bits per heavy atom. The molecular formula is C21H32N4O6. The van der Waals surface area contributed by atoms with Crippen molar-refractivity contribution in [3.8, 4) is 17.0 Å². The third-order valence-corrected chi connectivity index (χ3v) is 5.43. The predicted octanol–water partition coefficient (Wildman–Crippen LogP) is 0.469. The average Bonchev–Trinajstić information content (AvgIpc) is 3.28. The number of nitrogens with zero attached hydrogens (tertiary/aromatic N) is 3. The molecule has 1 saturated heterocycles. The van der Waals surface area contributed by atoms with Crippen LogP contribution in [-0.4, -0.2) is 81.8 Å². The van der Waals surface area contributed by atoms with Gasteiger partial charge in [0.1, 0.15) is 35.8 Å². The van der Waals surface area contributed by atoms with E-state index in [1.165, 1.54) is 4.68 Å². The van der Waals surface area contributed by atoms with Crippen LogP contribution in [0.1, 0.15) is 31.7 Å². The van der Waals surface area contributed by atoms with Gasteiger partial charge in [-0.1, -0.05) is 18.1 Å². The highest BCUT2D eigenvalue weighted by Crippen LogP contribution is 2.32. The molecule has 0 bridgehead atoms. The van der Waals surface area contributed by atoms with E-state index < -0.39 is 37.3 Å². The van der Waals surface area contributed by atoms with Gasteiger partial charge in [-0.15, -0.1) is 5.10 Å². The fourth-order valence-electron chi connectivity index (χ4n) is 3.60. The molecule has 31 heavy (non-hydrogen) atoms. The third kappa shape index (κ3) is 5.79. The molecule has 0 spiro atoms. The maximum atomic E-state index is 10.7. The van der Waals surface area contributed by atoms with Crippen LogP contribution in [-0.2, 0) is 9.47 Å². The van der Waals surface area contributed by atoms with Gasteiger partial charge in [0, 0.05) is 12.2 Å². The largest absolute Gasteiger partial charge is 0.497 e. The molecule has 0 amide bonds. The van der Waals surface area contributed by atoms with Gasteiger partial charge in [0.05, 0.1) is 19.9 Å². The van der Waals surface area contributed by atoms with Crippen LogP contribution in [0, 0.1) is 0 Å². The van der Waals surface area contributed by atoms with Gasteiger partial charge in [-0.3, -0.25) is 0 Å². The Hall–Kier alpha value is -2.08. The lowest BCUT2D eigenvalue weighted by molar-refractivity contribution is -0.281. The van der Waals surface area contributed by atoms with Gasteiger partial charge in [0.15, 0.2) is 6.29 Å². The minimum Gasteiger partial charge on any atom is -0.497 e. The average molecular weight is 437 g/mol. The van der Waals surface area contributed by atoms with Crippen molar-refractivity contribution in [1.82, 2.24) is 15.0 Å². The molecule has 1 aromatic heterocycles. The summed E-state index contributed by atoms with van der Waals surface area (Å²) in [5, 5.41) is 38.9. The predicted molar refractivity (Wildman–Crippen MR) is 112 cm³/mol. The highest BCUT2D eigenvalue weighted by molar-refractivity contribution is 5.58. The van der Waals surface area contributed by atoms with Crippen LogP contribution in [0.5, 0.6) is 5.75 Å². The number of unbranched alkanes of at least 4 members (excludes halogenated alkanes) is 3. The summed E-state index contributed by atoms with van der Waals surface area (Å²) in [4.78, 5) is 0. The molecule has 0 radical (unpaired) electrons. The summed E-state index contributed by atoms with van der Waals surface area (Å²) < 4.78 is 18.3. The van der Waals surface area contributed by atoms with Gasteiger partial charge in [-0.2, -0.15) is 0 Å². The monoisotopic (exact) mass is 436 g/mol. The van der Waals surface area contributed by atoms with Crippen molar-refractivity contribution in [3.05, 3.63) is 30.5 Å². The van der Waals surface area contributed by atoms with Gasteiger partial charge in [0.25, 0.3) is 0 Å². The molecule has 0 saturated carbocycles. The Balaban J connectivity index is 1.73. The normalized spacial score (nSPS) is 26.2. The van der Waals surface area contributed by atoms with Crippen molar-refractivity contribution in [3.63, 3.8) is 0 Å². The van der Waals surface area contributed by atoms with E-state index in [9.17, 15) is 15.3 Å². The smallest absolute Gasteiger partial charge is 0.183 e. The first kappa shape index (κ1) is 23.6. The lowest BCUT2D eigenvalue weighted by Crippen LogP contribution is -2.56. The Morgan fingerprint density at radius 1 is 1.10 bits per heavy atom. The molecule has 1 aromatic carbocycles. The second-order valence-corrected chi connectivity index (χ2v) is 7.58. The molecule has 5 unspecified atom stereocenters. The highest BCUT2D eigenvalue weighted by atomic mass is 16.7. The maximum Gasteiger partial charge on any atom is 0.183 e. The van der Waals surface area contributed by atoms with Crippen molar-refractivity contribution in [2.45, 2.75) is 56.3 Å². The van der Waals surface area contributed by atoms with E-state index in [1.54, 1.807) is 13.3 Å². The van der Waals surface area contributed by atoms with E-state index >= 15 is 0 Å². The van der Waals surface area contributed by atoms with Crippen molar-refractivity contribution in [2.75, 3.05) is 26.9 Å². The zero-order valence-electron chi connectivity index (χ0n) is 17.7. The van der Waals surface area contributed by atoms with Gasteiger partial charge >= 0.3 is 0 Å². The van der Waals surface area contributed by atoms with Gasteiger partial charge in [0.2, 0.25) is 0 Å². The summed E-state index contributed by atoms with van der Waals surface area (Å²) in [5.41, 5.74) is 6.93. The van der Waals surface area contributed by atoms with E-state index in [0.717, 1.165) is 37.0 Å². The first-order valence-electron chi connectivity index (χ1n) is 10.6. The third-order valence-electron chi connectivity index (χ3n) is 5.43. The molecule has 10 nitrogen and oxygen atoms in total. The Kier molecular flexibility index (Phi) is 8.76. The van der Waals surface area contributed by atoms with Crippen LogP contribution in [0.15, 0.2) is 30.5 Å². The van der Waals surface area contributed by atoms with Crippen LogP contribution in [0.2, 0.25) is 0 Å². The molecule has 1 aliphatic heterocycles. The van der Waals surface area contributed by atoms with Crippen molar-refractivity contribution in [1.29, 1.82) is 0 Å². The van der Waals surface area contributed by atoms with Crippen molar-refractivity contribution < 1.29 is 29.5 Å². The molecule has 2 heterocycles. The Labute approximate surface area is 181 Å². The first-order chi connectivity index (χ1) is 15.1. The van der Waals surface area contributed by atoms with Gasteiger partial charge < -0.3 is 35.3 Å². The molecule has 172 valence electrons. The van der Waals surface area contributed by atoms with E-state index in [4.69, 9.17) is 19.9 Å². The fraction of sp³-hybridized carbons (Fsp3) is 0.619. The van der Waals surface area contributed by atoms with Crippen LogP contribution < -0.4 is 10.5 Å². The number of nitrogens with two attached hydrogens (primary N) is 1. The highest BCUT2D eigenvalue weighted by Gasteiger charge is 2.46. The summed E-state index contributed by atoms with van der Waals surface area (Å²) >= 11 is 0. The number of methoxy groups -OCH3 is 1. The van der Waals surface area contributed by atoms with Gasteiger partial charge in [-0.05, 0) is 43.7 Å². The minimum atomic E-state index is -1.28. The topological polar surface area (TPSA) is 145 Å². The number of aliphatic hydroxyl groups excluding tert-OH is 3. The molecule has 1 fully saturated rings. The molecule has 5 atom stereocenters. The fourth-order valence-corrected chi connectivity index (χ4v) is 3.60. The molecular weight excluding hydrogens is 404 g/mol. The summed E-state index contributed by atoms with van der Waals surface area (Å²) in [7, 11) is 1.60. The molecule has 0 aliphatic carbocycles. The lowest BCUT2D eigenvalue weighted by atomic mass is 9.97. The van der Waals surface area contributed by atoms with Crippen molar-refractivity contribution >= 4 is 0 Å². The van der Waals surface area contributed by atoms with Crippen LogP contribution in [0.25, 0.3) is 11.3 Å². The standard InChI is InChI=1S/C21H32N4O6/c1-29-15-8-6-14(7-9-15)16-12-25(24-23-16)18-20(28)19(27)17(13-26)31-21(18)30-11-5-3-2-4-10-22/h6-9,12,17-21,26-28H,2-5,10-11,13,22H2,1H3. The number of hydrogen-bond donors (Lipinski definition) is 4. The number of rotatable bonds is 11. The van der Waals surface area contributed by atoms with E-state index in [1.807, 2.05) is 24.3 Å². The molecule has 5 N–H and O–H groups in total. The summed E-state index contributed by atoms with van der Waals surface area (Å²) in [6.07, 6.45) is 1.05. The van der Waals surface area contributed by atoms with E-state index in [0.29, 0.717) is 18.8 Å². The first-order valence-corrected chi connectivity index (χ1v) is 10.6. The van der Waals surface area contributed by atoms with Crippen molar-refractivity contribution in [2.24, 2.45) is 5.73 Å². The molecule has 1 aliphatic rings. The number of aromatic nitrogens is 3. The van der Waals surface area contributed by atoms with E-state index in [2.05, 4.69) is 10.3 Å². The minimum absolute atomic E-state index is 0.409. The molecule has 2 aromatic rings. The molecule has 3 rings (SSSR count). The zero-order valence-corrected chi connectivity index (χ0v) is 17.7. The number of benzene rings is 1. The number of hydrogen-bond acceptors (Lipinski definition) is 9. The zero-order chi connectivity index (χ0) is 22.2. The maximum absolute atomic E-state index is 10.7. The Bertz CT molecular complexity index is 786. The summed E-state index contributed by atoms with van der Waals surface area (Å²) in [6, 6.07) is 6.53. The number of aliphatic hydroxyl groups is 3. The summed E-state index contributed by atoms with van der Waals surface area (Å²) in [5.74, 6) is 0.727. The van der Waals surface area contributed by atoms with Crippen LogP contribution in [0.4, 0.5) is 0 Å². The SMILES string of the molecule is COc1ccc(-c2cn(C3C(OCCCCCCN)OC(CO)C(O)C3O)nn2)cc1. The molecule has 10 heteroatoms. The van der Waals surface area contributed by atoms with Crippen LogP contribution in [0.3, 0.4) is 0 Å². The van der Waals surface area contributed by atoms with Crippen LogP contribution >= 0.6 is 0 Å². The van der Waals surface area contributed by atoms with E-state index in [-0.39, 0.29) is 0 Å². The second-order valence-electron chi connectivity index (χ2n) is 7.58. The van der Waals surface area contributed by atoms with Gasteiger partial charge in [-0.25, -0.2) is 4.68 Å². The quantitative estimate of drug-likeness (QED) is 0.369. The Morgan fingerprint density at radius 2 is 1.84 bits per heavy atom. The lowest BCUT2D eigenvalue weighted by Gasteiger charge is -2.41. The number of ether oxygens (including phenoxy) is 3. The second kappa shape index (κ2) is 11.5.